The highest BCUT2D eigenvalue weighted by Crippen LogP contribution is 2.34. The lowest BCUT2D eigenvalue weighted by Gasteiger charge is -2.39. The van der Waals surface area contributed by atoms with E-state index in [1.807, 2.05) is 0 Å². The van der Waals surface area contributed by atoms with Crippen molar-refractivity contribution in [3.63, 3.8) is 0 Å². The van der Waals surface area contributed by atoms with Gasteiger partial charge in [-0.2, -0.15) is 35.3 Å². The van der Waals surface area contributed by atoms with Gasteiger partial charge in [0.05, 0.1) is 0 Å². The van der Waals surface area contributed by atoms with Gasteiger partial charge in [0, 0.05) is 40.8 Å². The first kappa shape index (κ1) is 13.4. The molecule has 2 rings (SSSR count). The first-order valence-electron chi connectivity index (χ1n) is 6.19. The third-order valence-corrected chi connectivity index (χ3v) is 7.50. The molecule has 0 aromatic rings. The van der Waals surface area contributed by atoms with Crippen molar-refractivity contribution in [2.75, 3.05) is 35.3 Å². The van der Waals surface area contributed by atoms with Gasteiger partial charge in [-0.1, -0.05) is 13.8 Å². The molecule has 0 aromatic carbocycles. The fourth-order valence-electron chi connectivity index (χ4n) is 2.20. The van der Waals surface area contributed by atoms with Crippen LogP contribution in [0.5, 0.6) is 0 Å². The summed E-state index contributed by atoms with van der Waals surface area (Å²) in [6, 6.07) is 0.721. The van der Waals surface area contributed by atoms with Gasteiger partial charge in [-0.15, -0.1) is 0 Å². The Kier molecular flexibility index (Phi) is 5.26. The van der Waals surface area contributed by atoms with Crippen molar-refractivity contribution in [2.24, 2.45) is 5.41 Å². The molecule has 94 valence electrons. The number of hydrogen-bond acceptors (Lipinski definition) is 4. The summed E-state index contributed by atoms with van der Waals surface area (Å²) in [6.07, 6.45) is 1.36. The highest BCUT2D eigenvalue weighted by molar-refractivity contribution is 8.06. The summed E-state index contributed by atoms with van der Waals surface area (Å²) in [7, 11) is 0. The van der Waals surface area contributed by atoms with Gasteiger partial charge in [-0.3, -0.25) is 0 Å². The first-order chi connectivity index (χ1) is 7.68. The second-order valence-corrected chi connectivity index (χ2v) is 9.05. The van der Waals surface area contributed by atoms with Crippen LogP contribution in [0.25, 0.3) is 0 Å². The van der Waals surface area contributed by atoms with E-state index in [0.29, 0.717) is 5.41 Å². The largest absolute Gasteiger partial charge is 0.311 e. The van der Waals surface area contributed by atoms with Crippen molar-refractivity contribution in [1.29, 1.82) is 0 Å². The lowest BCUT2D eigenvalue weighted by atomic mass is 9.82. The summed E-state index contributed by atoms with van der Waals surface area (Å²) in [5, 5.41) is 4.68. The number of thioether (sulfide) groups is 3. The van der Waals surface area contributed by atoms with Crippen LogP contribution in [0.1, 0.15) is 20.3 Å². The lowest BCUT2D eigenvalue weighted by Crippen LogP contribution is -2.49. The molecule has 2 heterocycles. The Hall–Kier alpha value is 1.01. The number of nitrogens with one attached hydrogen (secondary N) is 1. The SMILES string of the molecule is CC1(C)CCSCC1NCC1CSCCS1. The first-order valence-corrected chi connectivity index (χ1v) is 9.55. The average Bonchev–Trinajstić information content (AvgIpc) is 2.28. The van der Waals surface area contributed by atoms with Crippen molar-refractivity contribution in [2.45, 2.75) is 31.6 Å². The zero-order valence-electron chi connectivity index (χ0n) is 10.3. The minimum Gasteiger partial charge on any atom is -0.311 e. The predicted octanol–water partition coefficient (Wildman–Crippen LogP) is 2.96. The van der Waals surface area contributed by atoms with E-state index < -0.39 is 0 Å². The van der Waals surface area contributed by atoms with E-state index in [1.165, 1.54) is 41.7 Å². The molecular weight excluding hydrogens is 254 g/mol. The van der Waals surface area contributed by atoms with E-state index in [4.69, 9.17) is 0 Å². The van der Waals surface area contributed by atoms with Crippen LogP contribution in [0.4, 0.5) is 0 Å². The molecule has 2 saturated heterocycles. The summed E-state index contributed by atoms with van der Waals surface area (Å²) in [4.78, 5) is 0. The second kappa shape index (κ2) is 6.26. The molecule has 0 aliphatic carbocycles. The van der Waals surface area contributed by atoms with Crippen LogP contribution in [0, 0.1) is 5.41 Å². The van der Waals surface area contributed by atoms with Gasteiger partial charge in [0.25, 0.3) is 0 Å². The topological polar surface area (TPSA) is 12.0 Å². The van der Waals surface area contributed by atoms with Crippen molar-refractivity contribution in [3.8, 4) is 0 Å². The van der Waals surface area contributed by atoms with E-state index in [-0.39, 0.29) is 0 Å². The Balaban J connectivity index is 1.75. The highest BCUT2D eigenvalue weighted by atomic mass is 32.2. The molecule has 16 heavy (non-hydrogen) atoms. The maximum atomic E-state index is 3.83. The van der Waals surface area contributed by atoms with Crippen LogP contribution in [0.15, 0.2) is 0 Å². The molecule has 0 amide bonds. The molecular formula is C12H23NS3. The molecule has 2 unspecified atom stereocenters. The summed E-state index contributed by atoms with van der Waals surface area (Å²) in [5.74, 6) is 6.69. The van der Waals surface area contributed by atoms with E-state index >= 15 is 0 Å². The van der Waals surface area contributed by atoms with Crippen LogP contribution < -0.4 is 5.32 Å². The van der Waals surface area contributed by atoms with Gasteiger partial charge in [0.2, 0.25) is 0 Å². The molecule has 1 N–H and O–H groups in total. The summed E-state index contributed by atoms with van der Waals surface area (Å²) in [5.41, 5.74) is 0.498. The van der Waals surface area contributed by atoms with Crippen LogP contribution in [0.2, 0.25) is 0 Å². The van der Waals surface area contributed by atoms with Crippen LogP contribution in [0.3, 0.4) is 0 Å². The summed E-state index contributed by atoms with van der Waals surface area (Å²) < 4.78 is 0. The minimum atomic E-state index is 0.498. The van der Waals surface area contributed by atoms with Gasteiger partial charge < -0.3 is 5.32 Å². The Labute approximate surface area is 113 Å². The fraction of sp³-hybridized carbons (Fsp3) is 1.00. The quantitative estimate of drug-likeness (QED) is 0.851. The summed E-state index contributed by atoms with van der Waals surface area (Å²) >= 11 is 6.40. The predicted molar refractivity (Wildman–Crippen MR) is 81.1 cm³/mol. The fourth-order valence-corrected chi connectivity index (χ4v) is 6.47. The molecule has 0 spiro atoms. The Morgan fingerprint density at radius 1 is 1.12 bits per heavy atom. The van der Waals surface area contributed by atoms with Crippen LogP contribution in [-0.4, -0.2) is 46.6 Å². The monoisotopic (exact) mass is 277 g/mol. The number of hydrogen-bond donors (Lipinski definition) is 1. The Morgan fingerprint density at radius 3 is 2.62 bits per heavy atom. The molecule has 0 aromatic heterocycles. The second-order valence-electron chi connectivity index (χ2n) is 5.34. The smallest absolute Gasteiger partial charge is 0.0263 e. The molecule has 0 radical (unpaired) electrons. The van der Waals surface area contributed by atoms with Crippen LogP contribution >= 0.6 is 35.3 Å². The molecule has 2 fully saturated rings. The van der Waals surface area contributed by atoms with Crippen molar-refractivity contribution in [1.82, 2.24) is 5.32 Å². The van der Waals surface area contributed by atoms with Crippen molar-refractivity contribution >= 4 is 35.3 Å². The van der Waals surface area contributed by atoms with Crippen molar-refractivity contribution < 1.29 is 0 Å². The minimum absolute atomic E-state index is 0.498. The van der Waals surface area contributed by atoms with Crippen molar-refractivity contribution in [3.05, 3.63) is 0 Å². The van der Waals surface area contributed by atoms with E-state index in [2.05, 4.69) is 54.4 Å². The maximum absolute atomic E-state index is 3.83. The molecule has 0 saturated carbocycles. The third kappa shape index (κ3) is 3.76. The zero-order chi connectivity index (χ0) is 11.4. The maximum Gasteiger partial charge on any atom is 0.0263 e. The van der Waals surface area contributed by atoms with Gasteiger partial charge in [-0.05, 0) is 17.6 Å². The average molecular weight is 278 g/mol. The lowest BCUT2D eigenvalue weighted by molar-refractivity contribution is 0.247. The van der Waals surface area contributed by atoms with E-state index in [1.54, 1.807) is 0 Å². The highest BCUT2D eigenvalue weighted by Gasteiger charge is 2.32. The zero-order valence-corrected chi connectivity index (χ0v) is 12.8. The summed E-state index contributed by atoms with van der Waals surface area (Å²) in [6.45, 7) is 6.06. The van der Waals surface area contributed by atoms with Gasteiger partial charge in [0.1, 0.15) is 0 Å². The Bertz CT molecular complexity index is 214. The molecule has 2 atom stereocenters. The number of rotatable bonds is 3. The normalized spacial score (nSPS) is 34.9. The van der Waals surface area contributed by atoms with Gasteiger partial charge in [-0.25, -0.2) is 0 Å². The van der Waals surface area contributed by atoms with Gasteiger partial charge in [0.15, 0.2) is 0 Å². The molecule has 4 heteroatoms. The molecule has 2 aliphatic heterocycles. The molecule has 0 bridgehead atoms. The van der Waals surface area contributed by atoms with E-state index in [0.717, 1.165) is 11.3 Å². The third-order valence-electron chi connectivity index (χ3n) is 3.60. The standard InChI is InChI=1S/C12H23NS3/c1-12(2)3-4-14-9-11(12)13-7-10-8-15-5-6-16-10/h10-11,13H,3-9H2,1-2H3. The Morgan fingerprint density at radius 2 is 1.94 bits per heavy atom. The van der Waals surface area contributed by atoms with Gasteiger partial charge >= 0.3 is 0 Å². The molecule has 2 aliphatic rings. The van der Waals surface area contributed by atoms with Crippen LogP contribution in [-0.2, 0) is 0 Å². The van der Waals surface area contributed by atoms with E-state index in [9.17, 15) is 0 Å². The molecule has 1 nitrogen and oxygen atoms in total.